The minimum atomic E-state index is -0.491. The highest BCUT2D eigenvalue weighted by Crippen LogP contribution is 2.19. The molecule has 6 heteroatoms. The second-order valence-corrected chi connectivity index (χ2v) is 5.16. The third-order valence-electron chi connectivity index (χ3n) is 3.32. The largest absolute Gasteiger partial charge is 0.492 e. The molecule has 1 fully saturated rings. The fraction of sp³-hybridized carbons (Fsp3) is 0.500. The lowest BCUT2D eigenvalue weighted by Gasteiger charge is -2.21. The van der Waals surface area contributed by atoms with Crippen molar-refractivity contribution in [3.63, 3.8) is 0 Å². The molecule has 0 radical (unpaired) electrons. The quantitative estimate of drug-likeness (QED) is 0.831. The van der Waals surface area contributed by atoms with Crippen LogP contribution in [-0.2, 0) is 9.53 Å². The molecule has 110 valence electrons. The van der Waals surface area contributed by atoms with Crippen molar-refractivity contribution in [2.75, 3.05) is 26.8 Å². The number of esters is 1. The van der Waals surface area contributed by atoms with Crippen LogP contribution in [-0.4, -0.2) is 54.9 Å². The molecule has 0 saturated carbocycles. The number of methoxy groups -OCH3 is 1. The maximum absolute atomic E-state index is 11.6. The number of nitrogens with zero attached hydrogens (tertiary/aromatic N) is 1. The number of ether oxygens (including phenoxy) is 2. The number of carbonyl (C=O) groups excluding carboxylic acids is 1. The van der Waals surface area contributed by atoms with Crippen LogP contribution in [0.1, 0.15) is 6.42 Å². The number of benzene rings is 1. The number of hydrogen-bond acceptors (Lipinski definition) is 5. The summed E-state index contributed by atoms with van der Waals surface area (Å²) in [5, 5.41) is 10.3. The van der Waals surface area contributed by atoms with Gasteiger partial charge in [0.2, 0.25) is 0 Å². The van der Waals surface area contributed by atoms with Crippen molar-refractivity contribution in [2.24, 2.45) is 0 Å². The number of likely N-dealkylation sites (tertiary alicyclic amines) is 1. The van der Waals surface area contributed by atoms with Crippen LogP contribution in [0.15, 0.2) is 24.3 Å². The summed E-state index contributed by atoms with van der Waals surface area (Å²) >= 11 is 5.79. The van der Waals surface area contributed by atoms with Gasteiger partial charge < -0.3 is 14.6 Å². The van der Waals surface area contributed by atoms with Crippen LogP contribution in [0.2, 0.25) is 5.02 Å². The zero-order chi connectivity index (χ0) is 14.5. The predicted octanol–water partition coefficient (Wildman–Crippen LogP) is 1.33. The van der Waals surface area contributed by atoms with Gasteiger partial charge in [0.05, 0.1) is 13.2 Å². The molecule has 1 aliphatic heterocycles. The lowest BCUT2D eigenvalue weighted by atomic mass is 10.2. The van der Waals surface area contributed by atoms with Gasteiger partial charge in [-0.05, 0) is 24.3 Å². The fourth-order valence-electron chi connectivity index (χ4n) is 2.32. The Bertz CT molecular complexity index is 451. The van der Waals surface area contributed by atoms with Crippen LogP contribution in [0.5, 0.6) is 5.75 Å². The maximum Gasteiger partial charge on any atom is 0.323 e. The van der Waals surface area contributed by atoms with Gasteiger partial charge in [0, 0.05) is 24.5 Å². The normalized spacial score (nSPS) is 22.8. The number of aliphatic hydroxyl groups excluding tert-OH is 1. The van der Waals surface area contributed by atoms with E-state index in [0.29, 0.717) is 31.1 Å². The maximum atomic E-state index is 11.6. The van der Waals surface area contributed by atoms with Gasteiger partial charge in [-0.1, -0.05) is 11.6 Å². The molecule has 2 rings (SSSR count). The first-order valence-corrected chi connectivity index (χ1v) is 6.86. The first kappa shape index (κ1) is 15.1. The van der Waals surface area contributed by atoms with Gasteiger partial charge in [-0.15, -0.1) is 0 Å². The monoisotopic (exact) mass is 299 g/mol. The van der Waals surface area contributed by atoms with Gasteiger partial charge in [0.1, 0.15) is 18.4 Å². The van der Waals surface area contributed by atoms with E-state index in [-0.39, 0.29) is 12.0 Å². The molecule has 1 saturated heterocycles. The van der Waals surface area contributed by atoms with Crippen LogP contribution in [0.4, 0.5) is 0 Å². The summed E-state index contributed by atoms with van der Waals surface area (Å²) in [5.74, 6) is 0.414. The zero-order valence-corrected chi connectivity index (χ0v) is 12.0. The Kier molecular flexibility index (Phi) is 5.23. The molecule has 1 N–H and O–H groups in total. The average molecular weight is 300 g/mol. The van der Waals surface area contributed by atoms with E-state index in [2.05, 4.69) is 0 Å². The predicted molar refractivity (Wildman–Crippen MR) is 74.9 cm³/mol. The summed E-state index contributed by atoms with van der Waals surface area (Å²) in [7, 11) is 1.36. The summed E-state index contributed by atoms with van der Waals surface area (Å²) in [4.78, 5) is 13.5. The van der Waals surface area contributed by atoms with Gasteiger partial charge in [0.25, 0.3) is 0 Å². The Morgan fingerprint density at radius 1 is 1.45 bits per heavy atom. The van der Waals surface area contributed by atoms with Gasteiger partial charge in [-0.25, -0.2) is 0 Å². The van der Waals surface area contributed by atoms with Crippen molar-refractivity contribution >= 4 is 17.6 Å². The molecule has 0 amide bonds. The summed E-state index contributed by atoms with van der Waals surface area (Å²) in [6.45, 7) is 1.45. The van der Waals surface area contributed by atoms with Crippen molar-refractivity contribution in [3.05, 3.63) is 29.3 Å². The molecule has 1 heterocycles. The van der Waals surface area contributed by atoms with Gasteiger partial charge >= 0.3 is 5.97 Å². The molecule has 5 nitrogen and oxygen atoms in total. The van der Waals surface area contributed by atoms with E-state index in [4.69, 9.17) is 21.1 Å². The highest BCUT2D eigenvalue weighted by Gasteiger charge is 2.36. The number of halogens is 1. The molecule has 20 heavy (non-hydrogen) atoms. The molecule has 0 aliphatic carbocycles. The smallest absolute Gasteiger partial charge is 0.323 e. The van der Waals surface area contributed by atoms with Crippen LogP contribution in [0.3, 0.4) is 0 Å². The lowest BCUT2D eigenvalue weighted by Crippen LogP contribution is -2.39. The molecule has 1 aliphatic rings. The van der Waals surface area contributed by atoms with Crippen LogP contribution < -0.4 is 4.74 Å². The Morgan fingerprint density at radius 2 is 2.15 bits per heavy atom. The first-order valence-electron chi connectivity index (χ1n) is 6.48. The lowest BCUT2D eigenvalue weighted by molar-refractivity contribution is -0.146. The van der Waals surface area contributed by atoms with E-state index in [1.807, 2.05) is 4.90 Å². The van der Waals surface area contributed by atoms with Crippen molar-refractivity contribution < 1.29 is 19.4 Å². The molecule has 1 aromatic rings. The third-order valence-corrected chi connectivity index (χ3v) is 3.57. The number of β-amino-alcohol motifs (C(OH)–C–C–N with tert-alkyl or cyclic N) is 1. The topological polar surface area (TPSA) is 59.0 Å². The fourth-order valence-corrected chi connectivity index (χ4v) is 2.45. The summed E-state index contributed by atoms with van der Waals surface area (Å²) in [6.07, 6.45) is -0.0807. The third kappa shape index (κ3) is 3.85. The second-order valence-electron chi connectivity index (χ2n) is 4.73. The van der Waals surface area contributed by atoms with Crippen molar-refractivity contribution in [3.8, 4) is 5.75 Å². The molecular weight excluding hydrogens is 282 g/mol. The number of carbonyl (C=O) groups is 1. The molecule has 0 bridgehead atoms. The van der Waals surface area contributed by atoms with E-state index in [1.54, 1.807) is 24.3 Å². The SMILES string of the molecule is COC(=O)[C@H]1C[C@H](O)CN1CCOc1ccc(Cl)cc1. The Labute approximate surface area is 123 Å². The Morgan fingerprint density at radius 3 is 2.80 bits per heavy atom. The van der Waals surface area contributed by atoms with Gasteiger partial charge in [-0.2, -0.15) is 0 Å². The van der Waals surface area contributed by atoms with Gasteiger partial charge in [0.15, 0.2) is 0 Å². The van der Waals surface area contributed by atoms with Crippen molar-refractivity contribution in [2.45, 2.75) is 18.6 Å². The molecule has 1 aromatic carbocycles. The van der Waals surface area contributed by atoms with Crippen LogP contribution in [0.25, 0.3) is 0 Å². The van der Waals surface area contributed by atoms with Crippen LogP contribution >= 0.6 is 11.6 Å². The zero-order valence-electron chi connectivity index (χ0n) is 11.3. The average Bonchev–Trinajstić information content (AvgIpc) is 2.81. The number of rotatable bonds is 5. The standard InChI is InChI=1S/C14H18ClNO4/c1-19-14(18)13-8-11(17)9-16(13)6-7-20-12-4-2-10(15)3-5-12/h2-5,11,13,17H,6-9H2,1H3/t11-,13+/m0/s1. The Hall–Kier alpha value is -1.30. The van der Waals surface area contributed by atoms with Crippen molar-refractivity contribution in [1.29, 1.82) is 0 Å². The highest BCUT2D eigenvalue weighted by atomic mass is 35.5. The van der Waals surface area contributed by atoms with E-state index in [0.717, 1.165) is 5.75 Å². The second kappa shape index (κ2) is 6.92. The minimum Gasteiger partial charge on any atom is -0.492 e. The minimum absolute atomic E-state index is 0.312. The molecule has 2 atom stereocenters. The first-order chi connectivity index (χ1) is 9.60. The Balaban J connectivity index is 1.83. The molecule has 0 aromatic heterocycles. The number of aliphatic hydroxyl groups is 1. The van der Waals surface area contributed by atoms with Crippen molar-refractivity contribution in [1.82, 2.24) is 4.90 Å². The van der Waals surface area contributed by atoms with E-state index in [1.165, 1.54) is 7.11 Å². The van der Waals surface area contributed by atoms with E-state index >= 15 is 0 Å². The van der Waals surface area contributed by atoms with E-state index < -0.39 is 6.10 Å². The van der Waals surface area contributed by atoms with Gasteiger partial charge in [-0.3, -0.25) is 9.69 Å². The molecular formula is C14H18ClNO4. The molecule has 0 unspecified atom stereocenters. The van der Waals surface area contributed by atoms with E-state index in [9.17, 15) is 9.90 Å². The summed E-state index contributed by atoms with van der Waals surface area (Å²) in [6, 6.07) is 6.71. The summed E-state index contributed by atoms with van der Waals surface area (Å²) < 4.78 is 10.3. The number of hydrogen-bond donors (Lipinski definition) is 1. The van der Waals surface area contributed by atoms with Crippen LogP contribution in [0, 0.1) is 0 Å². The summed E-state index contributed by atoms with van der Waals surface area (Å²) in [5.41, 5.74) is 0. The highest BCUT2D eigenvalue weighted by molar-refractivity contribution is 6.30. The molecule has 0 spiro atoms.